The fourth-order valence-corrected chi connectivity index (χ4v) is 3.17. The zero-order valence-corrected chi connectivity index (χ0v) is 12.9. The van der Waals surface area contributed by atoms with Crippen LogP contribution < -0.4 is 10.9 Å². The van der Waals surface area contributed by atoms with Crippen molar-refractivity contribution in [1.82, 2.24) is 0 Å². The largest absolute Gasteiger partial charge is 0.398 e. The van der Waals surface area contributed by atoms with E-state index in [4.69, 9.17) is 34.1 Å². The number of hydrogen-bond donors (Lipinski definition) is 2. The molecule has 19 heavy (non-hydrogen) atoms. The topological polar surface area (TPSA) is 86.2 Å². The molecular weight excluding hydrogens is 307 g/mol. The predicted octanol–water partition coefficient (Wildman–Crippen LogP) is 2.26. The number of benzene rings is 1. The van der Waals surface area contributed by atoms with Crippen LogP contribution in [-0.2, 0) is 22.9 Å². The number of anilines is 1. The maximum atomic E-state index is 11.6. The fraction of sp³-hybridized carbons (Fsp3) is 0.500. The second-order valence-corrected chi connectivity index (χ2v) is 6.56. The van der Waals surface area contributed by atoms with Crippen molar-refractivity contribution in [1.29, 1.82) is 0 Å². The smallest absolute Gasteiger partial charge is 0.240 e. The molecular formula is C12H18Cl2N2O2S. The van der Waals surface area contributed by atoms with Gasteiger partial charge in [-0.25, -0.2) is 13.6 Å². The molecule has 0 unspecified atom stereocenters. The van der Waals surface area contributed by atoms with Gasteiger partial charge in [0.05, 0.1) is 5.69 Å². The van der Waals surface area contributed by atoms with E-state index < -0.39 is 10.0 Å². The first kappa shape index (κ1) is 16.6. The molecule has 1 aromatic rings. The monoisotopic (exact) mass is 324 g/mol. The van der Waals surface area contributed by atoms with Gasteiger partial charge >= 0.3 is 0 Å². The quantitative estimate of drug-likeness (QED) is 0.595. The molecule has 0 saturated heterocycles. The van der Waals surface area contributed by atoms with E-state index in [0.717, 1.165) is 18.4 Å². The average Bonchev–Trinajstić information content (AvgIpc) is 2.31. The van der Waals surface area contributed by atoms with Gasteiger partial charge in [-0.15, -0.1) is 23.2 Å². The summed E-state index contributed by atoms with van der Waals surface area (Å²) < 4.78 is 23.2. The second-order valence-electron chi connectivity index (χ2n) is 4.30. The molecule has 4 nitrogen and oxygen atoms in total. The first-order valence-electron chi connectivity index (χ1n) is 5.96. The van der Waals surface area contributed by atoms with E-state index in [-0.39, 0.29) is 10.6 Å². The number of sulfonamides is 1. The summed E-state index contributed by atoms with van der Waals surface area (Å²) in [5.74, 6) is 1.00. The lowest BCUT2D eigenvalue weighted by molar-refractivity contribution is 0.597. The summed E-state index contributed by atoms with van der Waals surface area (Å²) in [5, 5.41) is 5.22. The van der Waals surface area contributed by atoms with E-state index in [1.165, 1.54) is 0 Å². The van der Waals surface area contributed by atoms with Gasteiger partial charge in [0.25, 0.3) is 0 Å². The van der Waals surface area contributed by atoms with E-state index in [9.17, 15) is 8.42 Å². The Morgan fingerprint density at radius 1 is 1.05 bits per heavy atom. The van der Waals surface area contributed by atoms with Crippen LogP contribution in [0.15, 0.2) is 17.0 Å². The molecule has 0 aliphatic rings. The molecule has 0 atom stereocenters. The van der Waals surface area contributed by atoms with Crippen LogP contribution in [0.4, 0.5) is 5.69 Å². The lowest BCUT2D eigenvalue weighted by Crippen LogP contribution is -2.17. The Labute approximate surface area is 124 Å². The van der Waals surface area contributed by atoms with Crippen molar-refractivity contribution < 1.29 is 8.42 Å². The first-order valence-corrected chi connectivity index (χ1v) is 8.57. The Morgan fingerprint density at radius 3 is 2.16 bits per heavy atom. The normalized spacial score (nSPS) is 11.7. The highest BCUT2D eigenvalue weighted by atomic mass is 35.5. The van der Waals surface area contributed by atoms with Crippen molar-refractivity contribution in [2.24, 2.45) is 5.14 Å². The fourth-order valence-electron chi connectivity index (χ4n) is 1.99. The van der Waals surface area contributed by atoms with E-state index in [2.05, 4.69) is 0 Å². The lowest BCUT2D eigenvalue weighted by atomic mass is 10.0. The van der Waals surface area contributed by atoms with Crippen molar-refractivity contribution >= 4 is 38.9 Å². The molecule has 0 radical (unpaired) electrons. The highest BCUT2D eigenvalue weighted by Gasteiger charge is 2.18. The number of primary sulfonamides is 1. The Bertz CT molecular complexity index is 533. The zero-order chi connectivity index (χ0) is 14.5. The van der Waals surface area contributed by atoms with Crippen LogP contribution in [0.1, 0.15) is 24.0 Å². The number of halogens is 2. The van der Waals surface area contributed by atoms with Crippen molar-refractivity contribution in [2.45, 2.75) is 30.6 Å². The van der Waals surface area contributed by atoms with Gasteiger partial charge in [-0.1, -0.05) is 6.07 Å². The molecule has 0 saturated carbocycles. The molecule has 0 bridgehead atoms. The summed E-state index contributed by atoms with van der Waals surface area (Å²) in [6, 6.07) is 3.48. The van der Waals surface area contributed by atoms with Crippen LogP contribution in [0.3, 0.4) is 0 Å². The van der Waals surface area contributed by atoms with E-state index in [1.807, 2.05) is 6.07 Å². The Balaban J connectivity index is 3.22. The summed E-state index contributed by atoms with van der Waals surface area (Å²) in [6.45, 7) is 0. The summed E-state index contributed by atoms with van der Waals surface area (Å²) in [7, 11) is -3.83. The minimum Gasteiger partial charge on any atom is -0.398 e. The molecule has 0 aliphatic carbocycles. The van der Waals surface area contributed by atoms with Gasteiger partial charge in [0.15, 0.2) is 0 Å². The van der Waals surface area contributed by atoms with Crippen molar-refractivity contribution in [2.75, 3.05) is 17.5 Å². The minimum atomic E-state index is -3.83. The van der Waals surface area contributed by atoms with Crippen LogP contribution in [-0.4, -0.2) is 20.2 Å². The molecule has 1 rings (SSSR count). The third kappa shape index (κ3) is 4.84. The van der Waals surface area contributed by atoms with Crippen LogP contribution in [0.25, 0.3) is 0 Å². The van der Waals surface area contributed by atoms with Gasteiger partial charge < -0.3 is 5.73 Å². The standard InChI is InChI=1S/C12H18Cl2N2O2S/c13-5-1-3-9-7-10(4-2-6-14)12(11(15)8-9)19(16,17)18/h7-8H,1-6,15H2,(H2,16,17,18). The third-order valence-corrected chi connectivity index (χ3v) is 4.32. The average molecular weight is 325 g/mol. The molecule has 0 aliphatic heterocycles. The predicted molar refractivity (Wildman–Crippen MR) is 80.3 cm³/mol. The summed E-state index contributed by atoms with van der Waals surface area (Å²) in [4.78, 5) is 0.0206. The van der Waals surface area contributed by atoms with Crippen LogP contribution in [0.5, 0.6) is 0 Å². The van der Waals surface area contributed by atoms with Gasteiger partial charge in [0, 0.05) is 11.8 Å². The van der Waals surface area contributed by atoms with E-state index >= 15 is 0 Å². The van der Waals surface area contributed by atoms with Crippen molar-refractivity contribution in [3.8, 4) is 0 Å². The molecule has 1 aromatic carbocycles. The highest BCUT2D eigenvalue weighted by Crippen LogP contribution is 2.26. The third-order valence-electron chi connectivity index (χ3n) is 2.72. The molecule has 108 valence electrons. The second kappa shape index (κ2) is 7.33. The number of alkyl halides is 2. The van der Waals surface area contributed by atoms with Gasteiger partial charge in [-0.2, -0.15) is 0 Å². The number of nitrogen functional groups attached to an aromatic ring is 1. The molecule has 4 N–H and O–H groups in total. The van der Waals surface area contributed by atoms with E-state index in [1.54, 1.807) is 6.07 Å². The molecule has 7 heteroatoms. The lowest BCUT2D eigenvalue weighted by Gasteiger charge is -2.13. The van der Waals surface area contributed by atoms with Gasteiger partial charge in [0.2, 0.25) is 10.0 Å². The Kier molecular flexibility index (Phi) is 6.39. The first-order chi connectivity index (χ1) is 8.90. The van der Waals surface area contributed by atoms with Crippen LogP contribution in [0, 0.1) is 0 Å². The van der Waals surface area contributed by atoms with Crippen LogP contribution >= 0.6 is 23.2 Å². The summed E-state index contributed by atoms with van der Waals surface area (Å²) in [6.07, 6.45) is 2.77. The number of rotatable bonds is 7. The van der Waals surface area contributed by atoms with Gasteiger partial charge in [-0.3, -0.25) is 0 Å². The summed E-state index contributed by atoms with van der Waals surface area (Å²) >= 11 is 11.3. The maximum absolute atomic E-state index is 11.6. The maximum Gasteiger partial charge on any atom is 0.240 e. The van der Waals surface area contributed by atoms with Gasteiger partial charge in [0.1, 0.15) is 4.90 Å². The minimum absolute atomic E-state index is 0.0206. The van der Waals surface area contributed by atoms with Crippen molar-refractivity contribution in [3.05, 3.63) is 23.3 Å². The molecule has 0 aromatic heterocycles. The summed E-state index contributed by atoms with van der Waals surface area (Å²) in [5.41, 5.74) is 7.62. The highest BCUT2D eigenvalue weighted by molar-refractivity contribution is 7.89. The molecule has 0 amide bonds. The van der Waals surface area contributed by atoms with Crippen LogP contribution in [0.2, 0.25) is 0 Å². The van der Waals surface area contributed by atoms with E-state index in [0.29, 0.717) is 30.2 Å². The Morgan fingerprint density at radius 2 is 1.63 bits per heavy atom. The Hall–Kier alpha value is -0.490. The number of nitrogens with two attached hydrogens (primary N) is 2. The number of aryl methyl sites for hydroxylation is 2. The molecule has 0 heterocycles. The zero-order valence-electron chi connectivity index (χ0n) is 10.5. The van der Waals surface area contributed by atoms with Gasteiger partial charge in [-0.05, 0) is 42.9 Å². The van der Waals surface area contributed by atoms with Crippen molar-refractivity contribution in [3.63, 3.8) is 0 Å². The number of hydrogen-bond acceptors (Lipinski definition) is 3. The molecule has 0 spiro atoms. The molecule has 0 fully saturated rings. The SMILES string of the molecule is Nc1cc(CCCCl)cc(CCCCl)c1S(N)(=O)=O.